The molecule has 7 nitrogen and oxygen atoms in total. The molecule has 2 aliphatic heterocycles. The van der Waals surface area contributed by atoms with Gasteiger partial charge in [0, 0.05) is 44.9 Å². The molecule has 2 saturated heterocycles. The Hall–Kier alpha value is -2.71. The number of aliphatic hydroxyl groups is 1. The van der Waals surface area contributed by atoms with E-state index in [2.05, 4.69) is 27.1 Å². The molecule has 0 bridgehead atoms. The molecule has 2 atom stereocenters. The zero-order valence-corrected chi connectivity index (χ0v) is 20.9. The number of hydrogen-bond donors (Lipinski definition) is 1. The summed E-state index contributed by atoms with van der Waals surface area (Å²) < 4.78 is 17.8. The van der Waals surface area contributed by atoms with Crippen molar-refractivity contribution in [3.63, 3.8) is 0 Å². The molecule has 0 amide bonds. The minimum atomic E-state index is -0.606. The summed E-state index contributed by atoms with van der Waals surface area (Å²) in [5.74, 6) is 0.860. The molecule has 0 aliphatic carbocycles. The molecular formula is C29H37N3O4. The Bertz CT molecular complexity index is 1050. The van der Waals surface area contributed by atoms with Crippen LogP contribution >= 0.6 is 0 Å². The SMILES string of the molecule is OC(COCc1ccccc1)CN(Cc1c(-c2ccccc2)noc1N1CCCC1)CC1CCCO1. The van der Waals surface area contributed by atoms with Gasteiger partial charge in [0.1, 0.15) is 5.69 Å². The third-order valence-corrected chi connectivity index (χ3v) is 6.97. The van der Waals surface area contributed by atoms with Crippen LogP contribution in [0.2, 0.25) is 0 Å². The van der Waals surface area contributed by atoms with Gasteiger partial charge < -0.3 is 24.0 Å². The molecule has 7 heteroatoms. The van der Waals surface area contributed by atoms with Gasteiger partial charge in [-0.1, -0.05) is 65.8 Å². The molecule has 3 aromatic rings. The van der Waals surface area contributed by atoms with Crippen LogP contribution in [-0.2, 0) is 22.6 Å². The number of hydrogen-bond acceptors (Lipinski definition) is 7. The van der Waals surface area contributed by atoms with Gasteiger partial charge in [0.25, 0.3) is 0 Å². The van der Waals surface area contributed by atoms with Gasteiger partial charge >= 0.3 is 0 Å². The summed E-state index contributed by atoms with van der Waals surface area (Å²) in [6.07, 6.45) is 4.03. The van der Waals surface area contributed by atoms with Gasteiger partial charge in [-0.3, -0.25) is 4.90 Å². The Morgan fingerprint density at radius 2 is 1.78 bits per heavy atom. The highest BCUT2D eigenvalue weighted by atomic mass is 16.5. The normalized spacial score (nSPS) is 18.8. The van der Waals surface area contributed by atoms with E-state index in [4.69, 9.17) is 14.0 Å². The number of ether oxygens (including phenoxy) is 2. The van der Waals surface area contributed by atoms with Crippen LogP contribution in [0.15, 0.2) is 65.2 Å². The summed E-state index contributed by atoms with van der Waals surface area (Å²) in [7, 11) is 0. The molecule has 5 rings (SSSR count). The van der Waals surface area contributed by atoms with Crippen LogP contribution in [0.1, 0.15) is 36.8 Å². The second-order valence-electron chi connectivity index (χ2n) is 9.86. The maximum atomic E-state index is 10.9. The Balaban J connectivity index is 1.32. The van der Waals surface area contributed by atoms with Crippen LogP contribution in [0.25, 0.3) is 11.3 Å². The topological polar surface area (TPSA) is 71.2 Å². The summed E-state index contributed by atoms with van der Waals surface area (Å²) in [6.45, 7) is 5.44. The van der Waals surface area contributed by atoms with Crippen molar-refractivity contribution in [1.29, 1.82) is 0 Å². The van der Waals surface area contributed by atoms with Crippen molar-refractivity contribution in [3.8, 4) is 11.3 Å². The first kappa shape index (κ1) is 25.0. The second-order valence-corrected chi connectivity index (χ2v) is 9.86. The monoisotopic (exact) mass is 491 g/mol. The molecule has 2 aromatic carbocycles. The number of anilines is 1. The van der Waals surface area contributed by atoms with Crippen molar-refractivity contribution in [3.05, 3.63) is 71.8 Å². The van der Waals surface area contributed by atoms with Crippen molar-refractivity contribution >= 4 is 5.88 Å². The van der Waals surface area contributed by atoms with Crippen LogP contribution in [0.4, 0.5) is 5.88 Å². The predicted molar refractivity (Wildman–Crippen MR) is 140 cm³/mol. The van der Waals surface area contributed by atoms with E-state index in [0.29, 0.717) is 19.7 Å². The summed E-state index contributed by atoms with van der Waals surface area (Å²) in [6, 6.07) is 20.3. The van der Waals surface area contributed by atoms with E-state index in [1.54, 1.807) is 0 Å². The zero-order valence-electron chi connectivity index (χ0n) is 20.9. The van der Waals surface area contributed by atoms with Crippen LogP contribution in [0.5, 0.6) is 0 Å². The Morgan fingerprint density at radius 3 is 2.50 bits per heavy atom. The molecule has 1 N–H and O–H groups in total. The third kappa shape index (κ3) is 6.53. The van der Waals surface area contributed by atoms with E-state index in [1.165, 1.54) is 0 Å². The highest BCUT2D eigenvalue weighted by molar-refractivity contribution is 5.68. The van der Waals surface area contributed by atoms with E-state index >= 15 is 0 Å². The minimum absolute atomic E-state index is 0.178. The lowest BCUT2D eigenvalue weighted by atomic mass is 10.1. The minimum Gasteiger partial charge on any atom is -0.389 e. The summed E-state index contributed by atoms with van der Waals surface area (Å²) in [4.78, 5) is 4.59. The Morgan fingerprint density at radius 1 is 1.03 bits per heavy atom. The molecule has 0 saturated carbocycles. The molecule has 0 radical (unpaired) electrons. The zero-order chi connectivity index (χ0) is 24.6. The van der Waals surface area contributed by atoms with Crippen molar-refractivity contribution < 1.29 is 19.1 Å². The van der Waals surface area contributed by atoms with Gasteiger partial charge in [-0.05, 0) is 31.2 Å². The van der Waals surface area contributed by atoms with E-state index in [-0.39, 0.29) is 12.7 Å². The van der Waals surface area contributed by atoms with E-state index in [0.717, 1.165) is 80.2 Å². The first-order valence-corrected chi connectivity index (χ1v) is 13.2. The van der Waals surface area contributed by atoms with Gasteiger partial charge in [-0.15, -0.1) is 0 Å². The Labute approximate surface area is 213 Å². The standard InChI is InChI=1S/C29H37N3O4/c33-25(22-34-21-23-10-3-1-4-11-23)18-31(19-26-14-9-17-35-26)20-27-28(24-12-5-2-6-13-24)30-36-29(27)32-15-7-8-16-32/h1-6,10-13,25-26,33H,7-9,14-22H2. The van der Waals surface area contributed by atoms with Crippen molar-refractivity contribution in [1.82, 2.24) is 10.1 Å². The van der Waals surface area contributed by atoms with Crippen molar-refractivity contribution in [2.45, 2.75) is 51.0 Å². The number of aliphatic hydroxyl groups excluding tert-OH is 1. The molecule has 1 aromatic heterocycles. The van der Waals surface area contributed by atoms with E-state index in [1.807, 2.05) is 48.5 Å². The van der Waals surface area contributed by atoms with Gasteiger partial charge in [0.05, 0.1) is 31.0 Å². The summed E-state index contributed by atoms with van der Waals surface area (Å²) >= 11 is 0. The highest BCUT2D eigenvalue weighted by Gasteiger charge is 2.28. The first-order chi connectivity index (χ1) is 17.8. The molecule has 0 spiro atoms. The van der Waals surface area contributed by atoms with Crippen LogP contribution in [0, 0.1) is 0 Å². The van der Waals surface area contributed by atoms with Gasteiger partial charge in [-0.25, -0.2) is 0 Å². The average molecular weight is 492 g/mol. The molecule has 3 heterocycles. The maximum absolute atomic E-state index is 10.9. The fourth-order valence-electron chi connectivity index (χ4n) is 5.18. The molecule has 2 aliphatic rings. The quantitative estimate of drug-likeness (QED) is 0.400. The fraction of sp³-hybridized carbons (Fsp3) is 0.483. The predicted octanol–water partition coefficient (Wildman–Crippen LogP) is 4.50. The van der Waals surface area contributed by atoms with Gasteiger partial charge in [0.2, 0.25) is 5.88 Å². The first-order valence-electron chi connectivity index (χ1n) is 13.2. The largest absolute Gasteiger partial charge is 0.389 e. The number of rotatable bonds is 12. The van der Waals surface area contributed by atoms with Crippen LogP contribution in [-0.4, -0.2) is 66.8 Å². The van der Waals surface area contributed by atoms with Crippen LogP contribution in [0.3, 0.4) is 0 Å². The smallest absolute Gasteiger partial charge is 0.232 e. The molecule has 192 valence electrons. The van der Waals surface area contributed by atoms with Crippen molar-refractivity contribution in [2.75, 3.05) is 44.3 Å². The van der Waals surface area contributed by atoms with Crippen molar-refractivity contribution in [2.24, 2.45) is 0 Å². The lowest BCUT2D eigenvalue weighted by molar-refractivity contribution is -0.00284. The highest BCUT2D eigenvalue weighted by Crippen LogP contribution is 2.34. The third-order valence-electron chi connectivity index (χ3n) is 6.97. The van der Waals surface area contributed by atoms with Gasteiger partial charge in [-0.2, -0.15) is 0 Å². The molecule has 36 heavy (non-hydrogen) atoms. The number of aromatic nitrogens is 1. The fourth-order valence-corrected chi connectivity index (χ4v) is 5.18. The lowest BCUT2D eigenvalue weighted by Gasteiger charge is -2.28. The van der Waals surface area contributed by atoms with Crippen LogP contribution < -0.4 is 4.90 Å². The molecule has 2 unspecified atom stereocenters. The van der Waals surface area contributed by atoms with E-state index in [9.17, 15) is 5.11 Å². The summed E-state index contributed by atoms with van der Waals surface area (Å²) in [5, 5.41) is 15.4. The second kappa shape index (κ2) is 12.5. The summed E-state index contributed by atoms with van der Waals surface area (Å²) in [5.41, 5.74) is 4.11. The Kier molecular flexibility index (Phi) is 8.67. The number of benzene rings is 2. The van der Waals surface area contributed by atoms with Gasteiger partial charge in [0.15, 0.2) is 0 Å². The number of nitrogens with zero attached hydrogens (tertiary/aromatic N) is 3. The van der Waals surface area contributed by atoms with E-state index < -0.39 is 6.10 Å². The maximum Gasteiger partial charge on any atom is 0.232 e. The lowest BCUT2D eigenvalue weighted by Crippen LogP contribution is -2.39. The molecule has 2 fully saturated rings. The molecular weight excluding hydrogens is 454 g/mol. The average Bonchev–Trinajstić information content (AvgIpc) is 3.68.